The van der Waals surface area contributed by atoms with Gasteiger partial charge in [0.1, 0.15) is 0 Å². The van der Waals surface area contributed by atoms with Crippen LogP contribution in [0.3, 0.4) is 0 Å². The van der Waals surface area contributed by atoms with E-state index < -0.39 is 0 Å². The van der Waals surface area contributed by atoms with Crippen LogP contribution in [0.1, 0.15) is 29.7 Å². The first-order chi connectivity index (χ1) is 10.6. The van der Waals surface area contributed by atoms with Crippen molar-refractivity contribution in [2.24, 2.45) is 0 Å². The lowest BCUT2D eigenvalue weighted by Crippen LogP contribution is -2.39. The van der Waals surface area contributed by atoms with Gasteiger partial charge in [0.05, 0.1) is 12.5 Å². The van der Waals surface area contributed by atoms with Gasteiger partial charge in [-0.05, 0) is 42.2 Å². The normalized spacial score (nSPS) is 17.2. The van der Waals surface area contributed by atoms with Gasteiger partial charge in [0.15, 0.2) is 0 Å². The van der Waals surface area contributed by atoms with E-state index in [-0.39, 0.29) is 18.4 Å². The highest BCUT2D eigenvalue weighted by atomic mass is 35.5. The average Bonchev–Trinajstić information content (AvgIpc) is 2.51. The van der Waals surface area contributed by atoms with E-state index in [1.807, 2.05) is 17.0 Å². The Balaban J connectivity index is 1.82. The smallest absolute Gasteiger partial charge is 0.227 e. The van der Waals surface area contributed by atoms with Gasteiger partial charge >= 0.3 is 0 Å². The van der Waals surface area contributed by atoms with Crippen LogP contribution in [-0.2, 0) is 17.6 Å². The lowest BCUT2D eigenvalue weighted by Gasteiger charge is -2.35. The fraction of sp³-hybridized carbons (Fsp3) is 0.278. The number of fused-ring (bicyclic) bond motifs is 1. The minimum Gasteiger partial charge on any atom is -0.335 e. The summed E-state index contributed by atoms with van der Waals surface area (Å²) in [6.45, 7) is 2.81. The maximum Gasteiger partial charge on any atom is 0.227 e. The summed E-state index contributed by atoms with van der Waals surface area (Å²) in [5.41, 5.74) is 3.27. The molecule has 2 aromatic rings. The maximum atomic E-state index is 12.7. The van der Waals surface area contributed by atoms with Crippen molar-refractivity contribution in [3.8, 4) is 0 Å². The first kappa shape index (κ1) is 15.4. The van der Waals surface area contributed by atoms with Gasteiger partial charge in [-0.2, -0.15) is 0 Å². The number of carbonyl (C=O) groups is 1. The molecule has 1 amide bonds. The zero-order valence-corrected chi connectivity index (χ0v) is 13.9. The van der Waals surface area contributed by atoms with Crippen molar-refractivity contribution in [1.29, 1.82) is 0 Å². The second kappa shape index (κ2) is 6.31. The Morgan fingerprint density at radius 2 is 1.82 bits per heavy atom. The topological polar surface area (TPSA) is 20.3 Å². The summed E-state index contributed by atoms with van der Waals surface area (Å²) in [5.74, 6) is 0.0667. The van der Waals surface area contributed by atoms with E-state index in [0.717, 1.165) is 13.0 Å². The molecule has 0 N–H and O–H groups in total. The zero-order valence-electron chi connectivity index (χ0n) is 12.4. The van der Waals surface area contributed by atoms with Crippen LogP contribution in [0.15, 0.2) is 42.5 Å². The lowest BCUT2D eigenvalue weighted by molar-refractivity contribution is -0.133. The summed E-state index contributed by atoms with van der Waals surface area (Å²) in [6, 6.07) is 13.7. The molecule has 0 saturated heterocycles. The van der Waals surface area contributed by atoms with Crippen molar-refractivity contribution in [1.82, 2.24) is 4.90 Å². The number of hydrogen-bond donors (Lipinski definition) is 0. The molecule has 0 saturated carbocycles. The molecule has 4 heteroatoms. The Kier molecular flexibility index (Phi) is 4.42. The molecule has 2 aromatic carbocycles. The largest absolute Gasteiger partial charge is 0.335 e. The SMILES string of the molecule is C[C@@H]1c2ccccc2CCN1C(=O)Cc1c(Cl)cccc1Cl. The van der Waals surface area contributed by atoms with E-state index in [9.17, 15) is 4.79 Å². The first-order valence-electron chi connectivity index (χ1n) is 7.38. The first-order valence-corrected chi connectivity index (χ1v) is 8.13. The number of hydrogen-bond acceptors (Lipinski definition) is 1. The van der Waals surface area contributed by atoms with Crippen LogP contribution in [0, 0.1) is 0 Å². The Morgan fingerprint density at radius 1 is 1.14 bits per heavy atom. The molecule has 1 aliphatic rings. The van der Waals surface area contributed by atoms with Gasteiger partial charge in [0, 0.05) is 16.6 Å². The van der Waals surface area contributed by atoms with Gasteiger partial charge in [-0.25, -0.2) is 0 Å². The summed E-state index contributed by atoms with van der Waals surface area (Å²) in [7, 11) is 0. The molecule has 1 aliphatic heterocycles. The standard InChI is InChI=1S/C18H17Cl2NO/c1-12-14-6-3-2-5-13(14)9-10-21(12)18(22)11-15-16(19)7-4-8-17(15)20/h2-8,12H,9-11H2,1H3/t12-/m1/s1. The minimum atomic E-state index is 0.0667. The van der Waals surface area contributed by atoms with Crippen LogP contribution in [0.5, 0.6) is 0 Å². The third-order valence-corrected chi connectivity index (χ3v) is 5.01. The number of amides is 1. The number of benzene rings is 2. The molecule has 0 aliphatic carbocycles. The molecule has 0 spiro atoms. The molecule has 0 fully saturated rings. The van der Waals surface area contributed by atoms with E-state index in [2.05, 4.69) is 19.1 Å². The van der Waals surface area contributed by atoms with Gasteiger partial charge in [0.2, 0.25) is 5.91 Å². The third kappa shape index (κ3) is 2.86. The fourth-order valence-corrected chi connectivity index (χ4v) is 3.60. The Labute approximate surface area is 140 Å². The summed E-state index contributed by atoms with van der Waals surface area (Å²) < 4.78 is 0. The van der Waals surface area contributed by atoms with Crippen LogP contribution in [0.25, 0.3) is 0 Å². The molecule has 22 heavy (non-hydrogen) atoms. The number of nitrogens with zero attached hydrogens (tertiary/aromatic N) is 1. The summed E-state index contributed by atoms with van der Waals surface area (Å²) >= 11 is 12.3. The minimum absolute atomic E-state index is 0.0667. The molecule has 3 rings (SSSR count). The molecule has 0 aromatic heterocycles. The van der Waals surface area contributed by atoms with Gasteiger partial charge in [-0.3, -0.25) is 4.79 Å². The van der Waals surface area contributed by atoms with Gasteiger partial charge < -0.3 is 4.90 Å². The molecule has 2 nitrogen and oxygen atoms in total. The highest BCUT2D eigenvalue weighted by molar-refractivity contribution is 6.36. The number of halogens is 2. The predicted molar refractivity (Wildman–Crippen MR) is 90.4 cm³/mol. The summed E-state index contributed by atoms with van der Waals surface area (Å²) in [5, 5.41) is 1.09. The third-order valence-electron chi connectivity index (χ3n) is 4.30. The monoisotopic (exact) mass is 333 g/mol. The molecular weight excluding hydrogens is 317 g/mol. The van der Waals surface area contributed by atoms with E-state index in [1.165, 1.54) is 11.1 Å². The van der Waals surface area contributed by atoms with Gasteiger partial charge in [-0.15, -0.1) is 0 Å². The van der Waals surface area contributed by atoms with Crippen molar-refractivity contribution in [2.45, 2.75) is 25.8 Å². The van der Waals surface area contributed by atoms with E-state index in [0.29, 0.717) is 15.6 Å². The Morgan fingerprint density at radius 3 is 2.55 bits per heavy atom. The van der Waals surface area contributed by atoms with Gasteiger partial charge in [-0.1, -0.05) is 53.5 Å². The number of carbonyl (C=O) groups excluding carboxylic acids is 1. The molecule has 114 valence electrons. The highest BCUT2D eigenvalue weighted by Crippen LogP contribution is 2.31. The zero-order chi connectivity index (χ0) is 15.7. The molecule has 0 unspecified atom stereocenters. The van der Waals surface area contributed by atoms with Crippen molar-refractivity contribution in [2.75, 3.05) is 6.54 Å². The van der Waals surface area contributed by atoms with Crippen LogP contribution in [0.4, 0.5) is 0 Å². The van der Waals surface area contributed by atoms with Crippen LogP contribution < -0.4 is 0 Å². The second-order valence-corrected chi connectivity index (χ2v) is 6.40. The summed E-state index contributed by atoms with van der Waals surface area (Å²) in [6.07, 6.45) is 1.13. The molecule has 0 radical (unpaired) electrons. The van der Waals surface area contributed by atoms with Crippen molar-refractivity contribution in [3.63, 3.8) is 0 Å². The van der Waals surface area contributed by atoms with E-state index in [4.69, 9.17) is 23.2 Å². The van der Waals surface area contributed by atoms with Crippen LogP contribution in [0.2, 0.25) is 10.0 Å². The van der Waals surface area contributed by atoms with Crippen molar-refractivity contribution >= 4 is 29.1 Å². The quantitative estimate of drug-likeness (QED) is 0.781. The van der Waals surface area contributed by atoms with E-state index in [1.54, 1.807) is 18.2 Å². The predicted octanol–water partition coefficient (Wildman–Crippen LogP) is 4.68. The van der Waals surface area contributed by atoms with Crippen LogP contribution in [-0.4, -0.2) is 17.4 Å². The van der Waals surface area contributed by atoms with Crippen molar-refractivity contribution in [3.05, 3.63) is 69.2 Å². The van der Waals surface area contributed by atoms with Gasteiger partial charge in [0.25, 0.3) is 0 Å². The highest BCUT2D eigenvalue weighted by Gasteiger charge is 2.27. The van der Waals surface area contributed by atoms with E-state index >= 15 is 0 Å². The molecule has 1 atom stereocenters. The lowest BCUT2D eigenvalue weighted by atomic mass is 9.93. The Hall–Kier alpha value is -1.51. The average molecular weight is 334 g/mol. The maximum absolute atomic E-state index is 12.7. The molecular formula is C18H17Cl2NO. The second-order valence-electron chi connectivity index (χ2n) is 5.59. The summed E-state index contributed by atoms with van der Waals surface area (Å²) in [4.78, 5) is 14.6. The molecule has 1 heterocycles. The fourth-order valence-electron chi connectivity index (χ4n) is 3.07. The van der Waals surface area contributed by atoms with Crippen LogP contribution >= 0.6 is 23.2 Å². The van der Waals surface area contributed by atoms with Crippen molar-refractivity contribution < 1.29 is 4.79 Å². The Bertz CT molecular complexity index is 694. The molecule has 0 bridgehead atoms. The number of rotatable bonds is 2.